The molecule has 0 amide bonds. The molecule has 2 atom stereocenters. The van der Waals surface area contributed by atoms with Crippen LogP contribution in [0.1, 0.15) is 30.4 Å². The second-order valence-electron chi connectivity index (χ2n) is 5.48. The van der Waals surface area contributed by atoms with Crippen molar-refractivity contribution in [2.45, 2.75) is 49.3 Å². The number of halogens is 1. The number of hydrogen-bond donors (Lipinski definition) is 2. The molecular formula is C14H21FN2O2S2. The molecule has 2 rings (SSSR count). The predicted octanol–water partition coefficient (Wildman–Crippen LogP) is 2.59. The Hall–Kier alpha value is -0.790. The standard InChI is InChI=1S/C14H21FN2O2S2/c1-8-7-10(15)13(16)9(2)14(8)21(18,19)17-11-5-4-6-12(11)20-3/h7,11-12,17H,4-6,16H2,1-3H3. The first-order valence-corrected chi connectivity index (χ1v) is 9.65. The van der Waals surface area contributed by atoms with Crippen LogP contribution in [-0.2, 0) is 10.0 Å². The van der Waals surface area contributed by atoms with Gasteiger partial charge in [0, 0.05) is 11.3 Å². The molecule has 1 aromatic carbocycles. The molecule has 4 nitrogen and oxygen atoms in total. The molecule has 1 fully saturated rings. The minimum absolute atomic E-state index is 0.0740. The first-order valence-electron chi connectivity index (χ1n) is 6.88. The van der Waals surface area contributed by atoms with Crippen LogP contribution in [0.3, 0.4) is 0 Å². The molecule has 0 heterocycles. The Labute approximate surface area is 129 Å². The van der Waals surface area contributed by atoms with Gasteiger partial charge >= 0.3 is 0 Å². The van der Waals surface area contributed by atoms with Gasteiger partial charge in [0.1, 0.15) is 5.82 Å². The number of thioether (sulfide) groups is 1. The number of benzene rings is 1. The summed E-state index contributed by atoms with van der Waals surface area (Å²) in [6, 6.07) is 1.10. The maximum absolute atomic E-state index is 13.6. The van der Waals surface area contributed by atoms with Gasteiger partial charge in [0.05, 0.1) is 10.6 Å². The second-order valence-corrected chi connectivity index (χ2v) is 8.20. The van der Waals surface area contributed by atoms with E-state index in [4.69, 9.17) is 5.73 Å². The fraction of sp³-hybridized carbons (Fsp3) is 0.571. The van der Waals surface area contributed by atoms with Gasteiger partial charge in [-0.1, -0.05) is 6.42 Å². The Balaban J connectivity index is 2.39. The van der Waals surface area contributed by atoms with Crippen LogP contribution in [0.2, 0.25) is 0 Å². The van der Waals surface area contributed by atoms with E-state index in [0.29, 0.717) is 5.56 Å². The van der Waals surface area contributed by atoms with Crippen molar-refractivity contribution in [1.29, 1.82) is 0 Å². The summed E-state index contributed by atoms with van der Waals surface area (Å²) in [6.07, 6.45) is 4.85. The van der Waals surface area contributed by atoms with E-state index in [9.17, 15) is 12.8 Å². The lowest BCUT2D eigenvalue weighted by molar-refractivity contribution is 0.553. The molecule has 0 aliphatic heterocycles. The number of nitrogens with two attached hydrogens (primary N) is 1. The van der Waals surface area contributed by atoms with Crippen LogP contribution in [-0.4, -0.2) is 26.0 Å². The quantitative estimate of drug-likeness (QED) is 0.831. The van der Waals surface area contributed by atoms with Crippen molar-refractivity contribution in [1.82, 2.24) is 4.72 Å². The summed E-state index contributed by atoms with van der Waals surface area (Å²) in [7, 11) is -3.70. The minimum Gasteiger partial charge on any atom is -0.396 e. The maximum Gasteiger partial charge on any atom is 0.241 e. The van der Waals surface area contributed by atoms with E-state index < -0.39 is 15.8 Å². The highest BCUT2D eigenvalue weighted by Crippen LogP contribution is 2.32. The zero-order valence-corrected chi connectivity index (χ0v) is 14.1. The van der Waals surface area contributed by atoms with Gasteiger partial charge in [-0.3, -0.25) is 0 Å². The maximum atomic E-state index is 13.6. The van der Waals surface area contributed by atoms with E-state index >= 15 is 0 Å². The van der Waals surface area contributed by atoms with Crippen molar-refractivity contribution < 1.29 is 12.8 Å². The molecule has 2 unspecified atom stereocenters. The van der Waals surface area contributed by atoms with Crippen LogP contribution in [0.4, 0.5) is 10.1 Å². The van der Waals surface area contributed by atoms with Crippen molar-refractivity contribution in [2.75, 3.05) is 12.0 Å². The Bertz CT molecular complexity index is 647. The van der Waals surface area contributed by atoms with Crippen molar-refractivity contribution in [3.05, 3.63) is 23.0 Å². The topological polar surface area (TPSA) is 72.2 Å². The molecule has 0 aromatic heterocycles. The number of anilines is 1. The third kappa shape index (κ3) is 3.19. The monoisotopic (exact) mass is 332 g/mol. The zero-order chi connectivity index (χ0) is 15.8. The highest BCUT2D eigenvalue weighted by Gasteiger charge is 2.32. The van der Waals surface area contributed by atoms with Crippen LogP contribution in [0, 0.1) is 19.7 Å². The molecule has 118 valence electrons. The van der Waals surface area contributed by atoms with Gasteiger partial charge in [-0.15, -0.1) is 0 Å². The lowest BCUT2D eigenvalue weighted by Gasteiger charge is -2.21. The normalized spacial score (nSPS) is 22.7. The molecule has 3 N–H and O–H groups in total. The van der Waals surface area contributed by atoms with E-state index in [1.54, 1.807) is 25.6 Å². The molecule has 0 bridgehead atoms. The van der Waals surface area contributed by atoms with E-state index in [2.05, 4.69) is 4.72 Å². The molecule has 7 heteroatoms. The van der Waals surface area contributed by atoms with Crippen LogP contribution in [0.25, 0.3) is 0 Å². The minimum atomic E-state index is -3.70. The molecule has 1 aromatic rings. The van der Waals surface area contributed by atoms with Gasteiger partial charge in [0.25, 0.3) is 0 Å². The fourth-order valence-corrected chi connectivity index (χ4v) is 5.76. The summed E-state index contributed by atoms with van der Waals surface area (Å²) in [4.78, 5) is 0.105. The molecule has 1 aliphatic rings. The summed E-state index contributed by atoms with van der Waals surface area (Å²) >= 11 is 1.68. The van der Waals surface area contributed by atoms with Gasteiger partial charge in [0.2, 0.25) is 10.0 Å². The van der Waals surface area contributed by atoms with E-state index in [1.165, 1.54) is 6.07 Å². The number of aryl methyl sites for hydroxylation is 1. The number of sulfonamides is 1. The van der Waals surface area contributed by atoms with Crippen LogP contribution >= 0.6 is 11.8 Å². The molecule has 0 saturated heterocycles. The Morgan fingerprint density at radius 2 is 2.05 bits per heavy atom. The first kappa shape index (κ1) is 16.6. The van der Waals surface area contributed by atoms with Gasteiger partial charge in [-0.25, -0.2) is 17.5 Å². The molecule has 1 aliphatic carbocycles. The first-order chi connectivity index (χ1) is 9.77. The summed E-state index contributed by atoms with van der Waals surface area (Å²) in [5.74, 6) is -0.577. The summed E-state index contributed by atoms with van der Waals surface area (Å²) in [5.41, 5.74) is 6.19. The van der Waals surface area contributed by atoms with Gasteiger partial charge in [-0.05, 0) is 50.1 Å². The van der Waals surface area contributed by atoms with E-state index in [-0.39, 0.29) is 27.4 Å². The lowest BCUT2D eigenvalue weighted by Crippen LogP contribution is -2.39. The van der Waals surface area contributed by atoms with Crippen LogP contribution < -0.4 is 10.5 Å². The van der Waals surface area contributed by atoms with Crippen molar-refractivity contribution in [3.8, 4) is 0 Å². The molecule has 21 heavy (non-hydrogen) atoms. The fourth-order valence-electron chi connectivity index (χ4n) is 2.95. The summed E-state index contributed by atoms with van der Waals surface area (Å²) < 4.78 is 41.7. The smallest absolute Gasteiger partial charge is 0.241 e. The highest BCUT2D eigenvalue weighted by atomic mass is 32.2. The average molecular weight is 332 g/mol. The highest BCUT2D eigenvalue weighted by molar-refractivity contribution is 7.99. The van der Waals surface area contributed by atoms with E-state index in [1.807, 2.05) is 6.26 Å². The van der Waals surface area contributed by atoms with E-state index in [0.717, 1.165) is 19.3 Å². The third-order valence-electron chi connectivity index (χ3n) is 4.03. The summed E-state index contributed by atoms with van der Waals surface area (Å²) in [5, 5.41) is 0.290. The van der Waals surface area contributed by atoms with Gasteiger partial charge in [-0.2, -0.15) is 11.8 Å². The number of hydrogen-bond acceptors (Lipinski definition) is 4. The summed E-state index contributed by atoms with van der Waals surface area (Å²) in [6.45, 7) is 3.13. The predicted molar refractivity (Wildman–Crippen MR) is 85.5 cm³/mol. The van der Waals surface area contributed by atoms with Crippen molar-refractivity contribution in [3.63, 3.8) is 0 Å². The third-order valence-corrected chi connectivity index (χ3v) is 6.98. The SMILES string of the molecule is CSC1CCCC1NS(=O)(=O)c1c(C)cc(F)c(N)c1C. The average Bonchev–Trinajstić information content (AvgIpc) is 2.82. The molecule has 0 radical (unpaired) electrons. The van der Waals surface area contributed by atoms with Crippen molar-refractivity contribution >= 4 is 27.5 Å². The largest absolute Gasteiger partial charge is 0.396 e. The Kier molecular flexibility index (Phi) is 4.85. The number of nitrogen functional groups attached to an aromatic ring is 1. The molecule has 0 spiro atoms. The van der Waals surface area contributed by atoms with Gasteiger partial charge in [0.15, 0.2) is 0 Å². The Morgan fingerprint density at radius 3 is 2.67 bits per heavy atom. The number of rotatable bonds is 4. The van der Waals surface area contributed by atoms with Gasteiger partial charge < -0.3 is 5.73 Å². The lowest BCUT2D eigenvalue weighted by atomic mass is 10.1. The number of nitrogens with one attached hydrogen (secondary N) is 1. The second kappa shape index (κ2) is 6.14. The van der Waals surface area contributed by atoms with Crippen molar-refractivity contribution in [2.24, 2.45) is 0 Å². The molecule has 1 saturated carbocycles. The Morgan fingerprint density at radius 1 is 1.38 bits per heavy atom. The zero-order valence-electron chi connectivity index (χ0n) is 12.4. The molecular weight excluding hydrogens is 311 g/mol. The van der Waals surface area contributed by atoms with Crippen LogP contribution in [0.5, 0.6) is 0 Å². The van der Waals surface area contributed by atoms with Crippen LogP contribution in [0.15, 0.2) is 11.0 Å².